The lowest BCUT2D eigenvalue weighted by Crippen LogP contribution is -1.90. The Balaban J connectivity index is 2.38. The van der Waals surface area contributed by atoms with Crippen molar-refractivity contribution in [1.82, 2.24) is 4.37 Å². The van der Waals surface area contributed by atoms with Gasteiger partial charge in [0, 0.05) is 5.56 Å². The molecule has 0 saturated heterocycles. The minimum atomic E-state index is -0.952. The summed E-state index contributed by atoms with van der Waals surface area (Å²) in [7, 11) is 1.59. The Labute approximate surface area is 96.3 Å². The molecule has 0 aliphatic rings. The zero-order valence-electron chi connectivity index (χ0n) is 8.51. The maximum Gasteiger partial charge on any atom is 0.347 e. The SMILES string of the molecule is COc1cccc(-c2cc(C(=O)O)sn2)c1. The van der Waals surface area contributed by atoms with Crippen LogP contribution in [0, 0.1) is 0 Å². The molecule has 0 unspecified atom stereocenters. The maximum absolute atomic E-state index is 10.7. The zero-order valence-corrected chi connectivity index (χ0v) is 9.32. The number of methoxy groups -OCH3 is 1. The number of hydrogen-bond donors (Lipinski definition) is 1. The standard InChI is InChI=1S/C11H9NO3S/c1-15-8-4-2-3-7(5-8)9-6-10(11(13)14)16-12-9/h2-6H,1H3,(H,13,14). The molecular formula is C11H9NO3S. The molecule has 4 nitrogen and oxygen atoms in total. The molecule has 0 fully saturated rings. The molecule has 0 spiro atoms. The van der Waals surface area contributed by atoms with E-state index in [1.54, 1.807) is 13.2 Å². The molecule has 5 heteroatoms. The second-order valence-corrected chi connectivity index (χ2v) is 3.92. The number of carboxylic acid groups (broad SMARTS) is 1. The summed E-state index contributed by atoms with van der Waals surface area (Å²) >= 11 is 0.976. The lowest BCUT2D eigenvalue weighted by Gasteiger charge is -2.00. The Hall–Kier alpha value is -1.88. The van der Waals surface area contributed by atoms with E-state index in [1.165, 1.54) is 0 Å². The van der Waals surface area contributed by atoms with Crippen LogP contribution in [0.4, 0.5) is 0 Å². The van der Waals surface area contributed by atoms with Gasteiger partial charge in [0.25, 0.3) is 0 Å². The molecule has 0 bridgehead atoms. The van der Waals surface area contributed by atoms with Gasteiger partial charge < -0.3 is 9.84 Å². The van der Waals surface area contributed by atoms with E-state index in [4.69, 9.17) is 9.84 Å². The van der Waals surface area contributed by atoms with Crippen molar-refractivity contribution in [2.75, 3.05) is 7.11 Å². The molecule has 16 heavy (non-hydrogen) atoms. The summed E-state index contributed by atoms with van der Waals surface area (Å²) in [5, 5.41) is 8.79. The average molecular weight is 235 g/mol. The van der Waals surface area contributed by atoms with Gasteiger partial charge in [-0.05, 0) is 29.7 Å². The van der Waals surface area contributed by atoms with Crippen LogP contribution >= 0.6 is 11.5 Å². The van der Waals surface area contributed by atoms with Crippen molar-refractivity contribution in [3.8, 4) is 17.0 Å². The topological polar surface area (TPSA) is 59.4 Å². The molecule has 0 atom stereocenters. The van der Waals surface area contributed by atoms with Crippen LogP contribution in [-0.2, 0) is 0 Å². The lowest BCUT2D eigenvalue weighted by atomic mass is 10.1. The number of ether oxygens (including phenoxy) is 1. The van der Waals surface area contributed by atoms with Crippen LogP contribution in [0.3, 0.4) is 0 Å². The zero-order chi connectivity index (χ0) is 11.5. The molecule has 82 valence electrons. The van der Waals surface area contributed by atoms with Crippen molar-refractivity contribution in [2.45, 2.75) is 0 Å². The van der Waals surface area contributed by atoms with Crippen molar-refractivity contribution in [1.29, 1.82) is 0 Å². The molecular weight excluding hydrogens is 226 g/mol. The number of carboxylic acids is 1. The van der Waals surface area contributed by atoms with E-state index in [2.05, 4.69) is 4.37 Å². The Morgan fingerprint density at radius 3 is 2.88 bits per heavy atom. The minimum absolute atomic E-state index is 0.234. The van der Waals surface area contributed by atoms with Crippen molar-refractivity contribution < 1.29 is 14.6 Å². The quantitative estimate of drug-likeness (QED) is 0.888. The summed E-state index contributed by atoms with van der Waals surface area (Å²) in [6.07, 6.45) is 0. The van der Waals surface area contributed by atoms with Gasteiger partial charge in [-0.15, -0.1) is 0 Å². The summed E-state index contributed by atoms with van der Waals surface area (Å²) in [5.74, 6) is -0.228. The van der Waals surface area contributed by atoms with Crippen LogP contribution in [0.15, 0.2) is 30.3 Å². The highest BCUT2D eigenvalue weighted by atomic mass is 32.1. The van der Waals surface area contributed by atoms with Gasteiger partial charge in [0.1, 0.15) is 10.6 Å². The molecule has 0 aliphatic heterocycles. The molecule has 0 saturated carbocycles. The highest BCUT2D eigenvalue weighted by molar-refractivity contribution is 7.08. The van der Waals surface area contributed by atoms with Gasteiger partial charge in [-0.25, -0.2) is 4.79 Å². The van der Waals surface area contributed by atoms with E-state index in [0.29, 0.717) is 5.69 Å². The van der Waals surface area contributed by atoms with E-state index < -0.39 is 5.97 Å². The van der Waals surface area contributed by atoms with Gasteiger partial charge in [0.2, 0.25) is 0 Å². The van der Waals surface area contributed by atoms with Crippen molar-refractivity contribution in [3.05, 3.63) is 35.2 Å². The largest absolute Gasteiger partial charge is 0.497 e. The molecule has 1 N–H and O–H groups in total. The fourth-order valence-corrected chi connectivity index (χ4v) is 1.89. The second-order valence-electron chi connectivity index (χ2n) is 3.11. The number of aromatic carboxylic acids is 1. The molecule has 1 aromatic heterocycles. The number of rotatable bonds is 3. The number of carbonyl (C=O) groups is 1. The Kier molecular flexibility index (Phi) is 2.87. The molecule has 0 aliphatic carbocycles. The highest BCUT2D eigenvalue weighted by Crippen LogP contribution is 2.25. The molecule has 0 amide bonds. The number of hydrogen-bond acceptors (Lipinski definition) is 4. The van der Waals surface area contributed by atoms with E-state index in [0.717, 1.165) is 22.8 Å². The Morgan fingerprint density at radius 1 is 1.44 bits per heavy atom. The smallest absolute Gasteiger partial charge is 0.347 e. The van der Waals surface area contributed by atoms with Crippen molar-refractivity contribution in [3.63, 3.8) is 0 Å². The fraction of sp³-hybridized carbons (Fsp3) is 0.0909. The summed E-state index contributed by atoms with van der Waals surface area (Å²) in [5.41, 5.74) is 1.50. The molecule has 0 radical (unpaired) electrons. The first kappa shape index (κ1) is 10.6. The van der Waals surface area contributed by atoms with Gasteiger partial charge in [-0.3, -0.25) is 0 Å². The Morgan fingerprint density at radius 2 is 2.25 bits per heavy atom. The first-order valence-corrected chi connectivity index (χ1v) is 5.32. The minimum Gasteiger partial charge on any atom is -0.497 e. The van der Waals surface area contributed by atoms with Gasteiger partial charge in [-0.2, -0.15) is 4.37 Å². The van der Waals surface area contributed by atoms with Crippen LogP contribution in [-0.4, -0.2) is 22.6 Å². The van der Waals surface area contributed by atoms with E-state index in [-0.39, 0.29) is 4.88 Å². The van der Waals surface area contributed by atoms with Crippen LogP contribution in [0.25, 0.3) is 11.3 Å². The lowest BCUT2D eigenvalue weighted by molar-refractivity contribution is 0.0702. The van der Waals surface area contributed by atoms with Crippen LogP contribution < -0.4 is 4.74 Å². The summed E-state index contributed by atoms with van der Waals surface area (Å²) < 4.78 is 9.18. The first-order valence-electron chi connectivity index (χ1n) is 4.55. The highest BCUT2D eigenvalue weighted by Gasteiger charge is 2.10. The summed E-state index contributed by atoms with van der Waals surface area (Å²) in [4.78, 5) is 10.9. The average Bonchev–Trinajstić information content (AvgIpc) is 2.78. The molecule has 2 rings (SSSR count). The molecule has 1 aromatic carbocycles. The summed E-state index contributed by atoms with van der Waals surface area (Å²) in [6.45, 7) is 0. The monoisotopic (exact) mass is 235 g/mol. The van der Waals surface area contributed by atoms with E-state index >= 15 is 0 Å². The Bertz CT molecular complexity index is 521. The van der Waals surface area contributed by atoms with Gasteiger partial charge in [0.15, 0.2) is 0 Å². The molecule has 2 aromatic rings. The van der Waals surface area contributed by atoms with Crippen LogP contribution in [0.2, 0.25) is 0 Å². The second kappa shape index (κ2) is 4.32. The van der Waals surface area contributed by atoms with Crippen molar-refractivity contribution >= 4 is 17.5 Å². The third-order valence-corrected chi connectivity index (χ3v) is 2.86. The maximum atomic E-state index is 10.7. The third kappa shape index (κ3) is 2.04. The normalized spacial score (nSPS) is 10.1. The van der Waals surface area contributed by atoms with Gasteiger partial charge in [0.05, 0.1) is 12.8 Å². The third-order valence-electron chi connectivity index (χ3n) is 2.09. The van der Waals surface area contributed by atoms with Crippen molar-refractivity contribution in [2.24, 2.45) is 0 Å². The van der Waals surface area contributed by atoms with Gasteiger partial charge in [-0.1, -0.05) is 12.1 Å². The van der Waals surface area contributed by atoms with E-state index in [9.17, 15) is 4.79 Å². The first-order chi connectivity index (χ1) is 7.70. The van der Waals surface area contributed by atoms with E-state index in [1.807, 2.05) is 24.3 Å². The fourth-order valence-electron chi connectivity index (χ4n) is 1.29. The van der Waals surface area contributed by atoms with Gasteiger partial charge >= 0.3 is 5.97 Å². The number of aromatic nitrogens is 1. The summed E-state index contributed by atoms with van der Waals surface area (Å²) in [6, 6.07) is 8.91. The van der Waals surface area contributed by atoms with Crippen LogP contribution in [0.1, 0.15) is 9.67 Å². The molecule has 1 heterocycles. The number of benzene rings is 1. The van der Waals surface area contributed by atoms with Crippen LogP contribution in [0.5, 0.6) is 5.75 Å². The number of nitrogens with zero attached hydrogens (tertiary/aromatic N) is 1. The predicted octanol–water partition coefficient (Wildman–Crippen LogP) is 2.52. The predicted molar refractivity (Wildman–Crippen MR) is 61.1 cm³/mol.